The van der Waals surface area contributed by atoms with Gasteiger partial charge in [0.05, 0.1) is 17.9 Å². The topological polar surface area (TPSA) is 66.8 Å². The van der Waals surface area contributed by atoms with Gasteiger partial charge in [0.25, 0.3) is 5.91 Å². The normalized spacial score (nSPS) is 16.8. The van der Waals surface area contributed by atoms with E-state index in [4.69, 9.17) is 0 Å². The first-order valence-electron chi connectivity index (χ1n) is 9.53. The van der Waals surface area contributed by atoms with Crippen LogP contribution in [0.5, 0.6) is 0 Å². The first kappa shape index (κ1) is 16.7. The van der Waals surface area contributed by atoms with Gasteiger partial charge < -0.3 is 9.47 Å². The van der Waals surface area contributed by atoms with E-state index in [1.165, 1.54) is 0 Å². The molecule has 1 aliphatic rings. The van der Waals surface area contributed by atoms with E-state index in [9.17, 15) is 4.79 Å². The molecule has 0 bridgehead atoms. The van der Waals surface area contributed by atoms with Crippen molar-refractivity contribution in [1.29, 1.82) is 0 Å². The highest BCUT2D eigenvalue weighted by Crippen LogP contribution is 2.33. The molecule has 1 atom stereocenters. The Morgan fingerprint density at radius 2 is 2.11 bits per heavy atom. The second-order valence-corrected chi connectivity index (χ2v) is 7.26. The van der Waals surface area contributed by atoms with Crippen LogP contribution in [0.1, 0.15) is 35.1 Å². The minimum atomic E-state index is 0.0493. The first-order valence-corrected chi connectivity index (χ1v) is 9.53. The number of carbonyl (C=O) groups is 1. The third-order valence-electron chi connectivity index (χ3n) is 5.64. The maximum absolute atomic E-state index is 13.4. The summed E-state index contributed by atoms with van der Waals surface area (Å²) in [4.78, 5) is 19.8. The number of hydrogen-bond donors (Lipinski definition) is 1. The molecule has 1 aliphatic heterocycles. The second-order valence-electron chi connectivity index (χ2n) is 7.26. The number of pyridine rings is 1. The van der Waals surface area contributed by atoms with Crippen molar-refractivity contribution < 1.29 is 4.79 Å². The van der Waals surface area contributed by atoms with Gasteiger partial charge in [-0.15, -0.1) is 0 Å². The minimum absolute atomic E-state index is 0.0493. The Kier molecular flexibility index (Phi) is 3.97. The van der Waals surface area contributed by atoms with E-state index in [-0.39, 0.29) is 11.9 Å². The van der Waals surface area contributed by atoms with Crippen molar-refractivity contribution in [2.24, 2.45) is 7.05 Å². The summed E-state index contributed by atoms with van der Waals surface area (Å²) < 4.78 is 2.00. The maximum Gasteiger partial charge on any atom is 0.271 e. The lowest BCUT2D eigenvalue weighted by atomic mass is 10.1. The van der Waals surface area contributed by atoms with Crippen LogP contribution in [0.3, 0.4) is 0 Å². The van der Waals surface area contributed by atoms with E-state index in [0.717, 1.165) is 47.1 Å². The molecule has 3 aromatic heterocycles. The van der Waals surface area contributed by atoms with E-state index in [1.807, 2.05) is 47.0 Å². The summed E-state index contributed by atoms with van der Waals surface area (Å²) >= 11 is 0. The van der Waals surface area contributed by atoms with Crippen LogP contribution in [0.15, 0.2) is 61.1 Å². The van der Waals surface area contributed by atoms with Gasteiger partial charge in [0.2, 0.25) is 0 Å². The molecule has 0 radical (unpaired) electrons. The molecule has 1 aromatic carbocycles. The highest BCUT2D eigenvalue weighted by molar-refractivity contribution is 5.99. The van der Waals surface area contributed by atoms with Crippen molar-refractivity contribution in [3.63, 3.8) is 0 Å². The van der Waals surface area contributed by atoms with Crippen LogP contribution >= 0.6 is 0 Å². The Bertz CT molecular complexity index is 1130. The third-order valence-corrected chi connectivity index (χ3v) is 5.64. The number of aryl methyl sites for hydroxylation is 1. The summed E-state index contributed by atoms with van der Waals surface area (Å²) in [6.45, 7) is 0.766. The van der Waals surface area contributed by atoms with Crippen molar-refractivity contribution >= 4 is 16.8 Å². The van der Waals surface area contributed by atoms with Crippen molar-refractivity contribution in [3.05, 3.63) is 72.4 Å². The zero-order valence-electron chi connectivity index (χ0n) is 15.7. The Labute approximate surface area is 162 Å². The highest BCUT2D eigenvalue weighted by atomic mass is 16.2. The number of aromatic amines is 1. The molecule has 0 saturated carbocycles. The molecule has 0 aliphatic carbocycles. The van der Waals surface area contributed by atoms with E-state index in [2.05, 4.69) is 33.4 Å². The Balaban J connectivity index is 1.52. The second kappa shape index (κ2) is 6.64. The zero-order chi connectivity index (χ0) is 19.1. The molecule has 4 aromatic rings. The Hall–Kier alpha value is -3.41. The number of likely N-dealkylation sites (tertiary alicyclic amines) is 1. The lowest BCUT2D eigenvalue weighted by Gasteiger charge is -2.24. The average molecular weight is 371 g/mol. The number of nitrogens with zero attached hydrogens (tertiary/aromatic N) is 4. The van der Waals surface area contributed by atoms with Gasteiger partial charge >= 0.3 is 0 Å². The van der Waals surface area contributed by atoms with Gasteiger partial charge in [0, 0.05) is 42.5 Å². The predicted octanol–water partition coefficient (Wildman–Crippen LogP) is 3.94. The molecule has 1 fully saturated rings. The van der Waals surface area contributed by atoms with Gasteiger partial charge in [0.1, 0.15) is 5.69 Å². The number of hydrogen-bond acceptors (Lipinski definition) is 3. The van der Waals surface area contributed by atoms with Crippen LogP contribution in [0, 0.1) is 0 Å². The van der Waals surface area contributed by atoms with Gasteiger partial charge in [-0.1, -0.05) is 18.2 Å². The van der Waals surface area contributed by atoms with Gasteiger partial charge in [-0.05, 0) is 42.7 Å². The van der Waals surface area contributed by atoms with Crippen LogP contribution in [-0.2, 0) is 7.05 Å². The number of carbonyl (C=O) groups excluding carboxylic acids is 1. The molecule has 1 amide bonds. The molecule has 1 N–H and O–H groups in total. The van der Waals surface area contributed by atoms with Crippen molar-refractivity contribution in [3.8, 4) is 11.1 Å². The molecule has 1 saturated heterocycles. The highest BCUT2D eigenvalue weighted by Gasteiger charge is 2.32. The number of nitrogens with one attached hydrogen (secondary N) is 1. The fraction of sp³-hybridized carbons (Fsp3) is 0.227. The fourth-order valence-electron chi connectivity index (χ4n) is 4.16. The van der Waals surface area contributed by atoms with Gasteiger partial charge in [-0.25, -0.2) is 0 Å². The van der Waals surface area contributed by atoms with Crippen LogP contribution in [0.25, 0.3) is 22.0 Å². The smallest absolute Gasteiger partial charge is 0.271 e. The van der Waals surface area contributed by atoms with E-state index in [1.54, 1.807) is 12.4 Å². The number of rotatable bonds is 3. The summed E-state index contributed by atoms with van der Waals surface area (Å²) in [6, 6.07) is 14.2. The fourth-order valence-corrected chi connectivity index (χ4v) is 4.16. The first-order chi connectivity index (χ1) is 13.7. The zero-order valence-corrected chi connectivity index (χ0v) is 15.7. The largest absolute Gasteiger partial charge is 0.340 e. The van der Waals surface area contributed by atoms with Crippen LogP contribution in [0.4, 0.5) is 0 Å². The molecule has 5 rings (SSSR count). The quantitative estimate of drug-likeness (QED) is 0.593. The monoisotopic (exact) mass is 371 g/mol. The summed E-state index contributed by atoms with van der Waals surface area (Å²) in [6.07, 6.45) is 7.43. The van der Waals surface area contributed by atoms with E-state index in [0.29, 0.717) is 5.69 Å². The van der Waals surface area contributed by atoms with Crippen LogP contribution in [0.2, 0.25) is 0 Å². The number of H-pyrrole nitrogens is 1. The summed E-state index contributed by atoms with van der Waals surface area (Å²) in [5.74, 6) is 0.0664. The van der Waals surface area contributed by atoms with E-state index >= 15 is 0 Å². The van der Waals surface area contributed by atoms with Gasteiger partial charge in [0.15, 0.2) is 0 Å². The minimum Gasteiger partial charge on any atom is -0.340 e. The number of aromatic nitrogens is 4. The summed E-state index contributed by atoms with van der Waals surface area (Å²) in [5.41, 5.74) is 4.83. The third kappa shape index (κ3) is 2.69. The number of amides is 1. The maximum atomic E-state index is 13.4. The Morgan fingerprint density at radius 1 is 1.18 bits per heavy atom. The van der Waals surface area contributed by atoms with Crippen molar-refractivity contribution in [2.45, 2.75) is 18.9 Å². The average Bonchev–Trinajstić information content (AvgIpc) is 3.48. The summed E-state index contributed by atoms with van der Waals surface area (Å²) in [5, 5.41) is 7.94. The van der Waals surface area contributed by atoms with Crippen molar-refractivity contribution in [1.82, 2.24) is 24.6 Å². The number of benzene rings is 1. The Morgan fingerprint density at radius 3 is 2.89 bits per heavy atom. The molecule has 0 spiro atoms. The molecule has 6 heteroatoms. The van der Waals surface area contributed by atoms with Crippen LogP contribution < -0.4 is 0 Å². The molecule has 4 heterocycles. The predicted molar refractivity (Wildman–Crippen MR) is 108 cm³/mol. The molecule has 140 valence electrons. The SMILES string of the molecule is Cn1c(C(=O)N2CCCC2c2ccccn2)cc2ccc(-c3cn[nH]c3)cc21. The summed E-state index contributed by atoms with van der Waals surface area (Å²) in [7, 11) is 1.96. The van der Waals surface area contributed by atoms with Crippen LogP contribution in [-0.4, -0.2) is 37.1 Å². The number of fused-ring (bicyclic) bond motifs is 1. The molecule has 6 nitrogen and oxygen atoms in total. The lowest BCUT2D eigenvalue weighted by Crippen LogP contribution is -2.32. The van der Waals surface area contributed by atoms with Gasteiger partial charge in [-0.2, -0.15) is 5.10 Å². The standard InChI is InChI=1S/C22H21N5O/c1-26-20-11-15(17-13-24-25-14-17)7-8-16(20)12-21(26)22(28)27-10-4-6-19(27)18-5-2-3-9-23-18/h2-3,5,7-9,11-14,19H,4,6,10H2,1H3,(H,24,25). The molecule has 28 heavy (non-hydrogen) atoms. The van der Waals surface area contributed by atoms with E-state index < -0.39 is 0 Å². The lowest BCUT2D eigenvalue weighted by molar-refractivity contribution is 0.0723. The molecular formula is C22H21N5O. The van der Waals surface area contributed by atoms with Gasteiger partial charge in [-0.3, -0.25) is 14.9 Å². The van der Waals surface area contributed by atoms with Crippen molar-refractivity contribution in [2.75, 3.05) is 6.54 Å². The molecule has 1 unspecified atom stereocenters. The molecular weight excluding hydrogens is 350 g/mol.